The van der Waals surface area contributed by atoms with E-state index in [0.717, 1.165) is 0 Å². The molecule has 0 spiro atoms. The largest absolute Gasteiger partial charge is 0.383 e. The topological polar surface area (TPSA) is 121 Å². The molecule has 0 aliphatic carbocycles. The van der Waals surface area contributed by atoms with E-state index in [-0.39, 0.29) is 55.3 Å². The summed E-state index contributed by atoms with van der Waals surface area (Å²) in [6.07, 6.45) is -0.0219. The summed E-state index contributed by atoms with van der Waals surface area (Å²) in [7, 11) is 1.49. The molecule has 0 aliphatic rings. The first-order chi connectivity index (χ1) is 15.8. The first-order valence-electron chi connectivity index (χ1n) is 10.9. The highest BCUT2D eigenvalue weighted by molar-refractivity contribution is 6.35. The van der Waals surface area contributed by atoms with Crippen LogP contribution in [0.15, 0.2) is 27.8 Å². The Kier molecular flexibility index (Phi) is 9.35. The first-order valence-corrected chi connectivity index (χ1v) is 11.7. The molecule has 2 amide bonds. The van der Waals surface area contributed by atoms with Crippen molar-refractivity contribution in [2.24, 2.45) is 11.8 Å². The fraction of sp³-hybridized carbons (Fsp3) is 0.478. The molecule has 0 unspecified atom stereocenters. The van der Waals surface area contributed by atoms with Gasteiger partial charge in [0.25, 0.3) is 5.56 Å². The number of carbonyl (C=O) groups excluding carboxylic acids is 2. The maximum atomic E-state index is 13.3. The van der Waals surface area contributed by atoms with Crippen molar-refractivity contribution < 1.29 is 9.59 Å². The Labute approximate surface area is 208 Å². The number of anilines is 2. The van der Waals surface area contributed by atoms with Crippen molar-refractivity contribution in [1.82, 2.24) is 14.5 Å². The second-order valence-corrected chi connectivity index (χ2v) is 9.90. The number of aromatic amines is 1. The van der Waals surface area contributed by atoms with Crippen LogP contribution in [-0.2, 0) is 22.6 Å². The van der Waals surface area contributed by atoms with Crippen molar-refractivity contribution in [3.05, 3.63) is 54.6 Å². The SMILES string of the molecule is CC(C)CN(C(=O)CN(C)C(=O)Cc1ccc(Cl)cc1Cl)c1c(N)n(CC(C)C)c(=O)[nH]c1=O. The van der Waals surface area contributed by atoms with Crippen molar-refractivity contribution in [3.63, 3.8) is 0 Å². The van der Waals surface area contributed by atoms with Crippen LogP contribution in [0.1, 0.15) is 33.3 Å². The third kappa shape index (κ3) is 6.87. The van der Waals surface area contributed by atoms with E-state index in [4.69, 9.17) is 28.9 Å². The van der Waals surface area contributed by atoms with E-state index < -0.39 is 17.2 Å². The second-order valence-electron chi connectivity index (χ2n) is 9.06. The summed E-state index contributed by atoms with van der Waals surface area (Å²) in [6, 6.07) is 4.83. The maximum Gasteiger partial charge on any atom is 0.330 e. The molecule has 1 heterocycles. The van der Waals surface area contributed by atoms with Crippen LogP contribution in [0.3, 0.4) is 0 Å². The number of hydrogen-bond donors (Lipinski definition) is 2. The van der Waals surface area contributed by atoms with Gasteiger partial charge in [-0.2, -0.15) is 0 Å². The Morgan fingerprint density at radius 1 is 1.09 bits per heavy atom. The lowest BCUT2D eigenvalue weighted by molar-refractivity contribution is -0.133. The van der Waals surface area contributed by atoms with Gasteiger partial charge in [0.15, 0.2) is 5.69 Å². The minimum atomic E-state index is -0.751. The summed E-state index contributed by atoms with van der Waals surface area (Å²) >= 11 is 12.1. The van der Waals surface area contributed by atoms with Crippen LogP contribution in [0.5, 0.6) is 0 Å². The number of nitrogen functional groups attached to an aromatic ring is 1. The number of nitrogens with two attached hydrogens (primary N) is 1. The monoisotopic (exact) mass is 511 g/mol. The highest BCUT2D eigenvalue weighted by atomic mass is 35.5. The van der Waals surface area contributed by atoms with Crippen LogP contribution in [0.2, 0.25) is 10.0 Å². The molecule has 9 nitrogen and oxygen atoms in total. The van der Waals surface area contributed by atoms with Crippen LogP contribution < -0.4 is 21.9 Å². The lowest BCUT2D eigenvalue weighted by Crippen LogP contribution is -2.47. The molecule has 0 saturated carbocycles. The van der Waals surface area contributed by atoms with Crippen molar-refractivity contribution in [2.45, 2.75) is 40.7 Å². The zero-order valence-electron chi connectivity index (χ0n) is 20.0. The highest BCUT2D eigenvalue weighted by Crippen LogP contribution is 2.22. The van der Waals surface area contributed by atoms with Gasteiger partial charge >= 0.3 is 5.69 Å². The van der Waals surface area contributed by atoms with Crippen LogP contribution in [0.4, 0.5) is 11.5 Å². The maximum absolute atomic E-state index is 13.3. The molecule has 0 aliphatic heterocycles. The normalized spacial score (nSPS) is 11.2. The predicted octanol–water partition coefficient (Wildman–Crippen LogP) is 2.77. The molecule has 2 rings (SSSR count). The number of benzene rings is 1. The third-order valence-corrected chi connectivity index (χ3v) is 5.62. The standard InChI is InChI=1S/C23H31Cl2N5O4/c1-13(2)10-29(20-21(26)30(11-14(3)4)23(34)27-22(20)33)19(32)12-28(5)18(31)8-15-6-7-16(24)9-17(15)25/h6-7,9,13-14H,8,10-12,26H2,1-5H3,(H,27,33,34). The summed E-state index contributed by atoms with van der Waals surface area (Å²) in [5.41, 5.74) is 5.31. The van der Waals surface area contributed by atoms with Crippen molar-refractivity contribution >= 4 is 46.5 Å². The minimum Gasteiger partial charge on any atom is -0.383 e. The summed E-state index contributed by atoms with van der Waals surface area (Å²) in [6.45, 7) is 7.73. The number of nitrogens with zero attached hydrogens (tertiary/aromatic N) is 3. The molecular formula is C23H31Cl2N5O4. The van der Waals surface area contributed by atoms with E-state index >= 15 is 0 Å². The molecule has 1 aromatic heterocycles. The number of hydrogen-bond acceptors (Lipinski definition) is 5. The van der Waals surface area contributed by atoms with Crippen LogP contribution >= 0.6 is 23.2 Å². The Morgan fingerprint density at radius 2 is 1.74 bits per heavy atom. The van der Waals surface area contributed by atoms with Gasteiger partial charge in [0.05, 0.1) is 13.0 Å². The van der Waals surface area contributed by atoms with Crippen LogP contribution in [-0.4, -0.2) is 46.4 Å². The molecule has 3 N–H and O–H groups in total. The van der Waals surface area contributed by atoms with E-state index in [0.29, 0.717) is 15.6 Å². The van der Waals surface area contributed by atoms with Crippen molar-refractivity contribution in [1.29, 1.82) is 0 Å². The number of amides is 2. The van der Waals surface area contributed by atoms with Gasteiger partial charge in [-0.15, -0.1) is 0 Å². The lowest BCUT2D eigenvalue weighted by atomic mass is 10.1. The van der Waals surface area contributed by atoms with Gasteiger partial charge in [0.1, 0.15) is 5.82 Å². The summed E-state index contributed by atoms with van der Waals surface area (Å²) in [5.74, 6) is -0.857. The smallest absolute Gasteiger partial charge is 0.330 e. The number of H-pyrrole nitrogens is 1. The molecule has 0 atom stereocenters. The molecule has 0 saturated heterocycles. The van der Waals surface area contributed by atoms with E-state index in [1.165, 1.54) is 21.4 Å². The fourth-order valence-corrected chi connectivity index (χ4v) is 3.88. The zero-order chi connectivity index (χ0) is 25.7. The summed E-state index contributed by atoms with van der Waals surface area (Å²) in [4.78, 5) is 55.8. The molecule has 0 fully saturated rings. The Bertz CT molecular complexity index is 1170. The van der Waals surface area contributed by atoms with Crippen molar-refractivity contribution in [2.75, 3.05) is 30.8 Å². The number of aromatic nitrogens is 2. The van der Waals surface area contributed by atoms with Gasteiger partial charge in [0.2, 0.25) is 11.8 Å². The van der Waals surface area contributed by atoms with E-state index in [9.17, 15) is 19.2 Å². The molecule has 0 bridgehead atoms. The van der Waals surface area contributed by atoms with Gasteiger partial charge in [-0.25, -0.2) is 4.79 Å². The molecular weight excluding hydrogens is 481 g/mol. The molecule has 2 aromatic rings. The van der Waals surface area contributed by atoms with Gasteiger partial charge < -0.3 is 15.5 Å². The predicted molar refractivity (Wildman–Crippen MR) is 136 cm³/mol. The quantitative estimate of drug-likeness (QED) is 0.535. The second kappa shape index (κ2) is 11.6. The molecule has 1 aromatic carbocycles. The van der Waals surface area contributed by atoms with Gasteiger partial charge in [-0.1, -0.05) is 57.0 Å². The Balaban J connectivity index is 2.33. The molecule has 0 radical (unpaired) electrons. The Hall–Kier alpha value is -2.78. The number of rotatable bonds is 9. The molecule has 34 heavy (non-hydrogen) atoms. The lowest BCUT2D eigenvalue weighted by Gasteiger charge is -2.28. The zero-order valence-corrected chi connectivity index (χ0v) is 21.5. The van der Waals surface area contributed by atoms with Crippen LogP contribution in [0.25, 0.3) is 0 Å². The summed E-state index contributed by atoms with van der Waals surface area (Å²) < 4.78 is 1.25. The minimum absolute atomic E-state index is 0.0119. The number of likely N-dealkylation sites (N-methyl/N-ethyl adjacent to an activating group) is 1. The molecule has 186 valence electrons. The Morgan fingerprint density at radius 3 is 2.29 bits per heavy atom. The third-order valence-electron chi connectivity index (χ3n) is 5.04. The number of carbonyl (C=O) groups is 2. The first kappa shape index (κ1) is 27.5. The van der Waals surface area contributed by atoms with Gasteiger partial charge in [0, 0.05) is 30.2 Å². The fourth-order valence-electron chi connectivity index (χ4n) is 3.41. The summed E-state index contributed by atoms with van der Waals surface area (Å²) in [5, 5.41) is 0.810. The van der Waals surface area contributed by atoms with Gasteiger partial charge in [-0.3, -0.25) is 23.9 Å². The highest BCUT2D eigenvalue weighted by Gasteiger charge is 2.27. The van der Waals surface area contributed by atoms with E-state index in [1.54, 1.807) is 18.2 Å². The average Bonchev–Trinajstić information content (AvgIpc) is 2.71. The van der Waals surface area contributed by atoms with E-state index in [1.807, 2.05) is 27.7 Å². The van der Waals surface area contributed by atoms with Crippen LogP contribution in [0, 0.1) is 11.8 Å². The van der Waals surface area contributed by atoms with Gasteiger partial charge in [-0.05, 0) is 29.5 Å². The molecule has 11 heteroatoms. The average molecular weight is 512 g/mol. The number of halogens is 2. The number of nitrogens with one attached hydrogen (secondary N) is 1. The van der Waals surface area contributed by atoms with E-state index in [2.05, 4.69) is 4.98 Å². The van der Waals surface area contributed by atoms with Crippen molar-refractivity contribution in [3.8, 4) is 0 Å².